The standard InChI is InChI=1S/C14H16BrFN2/c15-8-10-1-2-11(7-13(10)16)14(9-17)5-3-12(18)4-6-14/h1-2,7,12H,3-6,8,18H2. The Morgan fingerprint density at radius 1 is 1.44 bits per heavy atom. The summed E-state index contributed by atoms with van der Waals surface area (Å²) >= 11 is 3.25. The second-order valence-corrected chi connectivity index (χ2v) is 5.53. The second-order valence-electron chi connectivity index (χ2n) is 4.97. The van der Waals surface area contributed by atoms with E-state index in [9.17, 15) is 9.65 Å². The van der Waals surface area contributed by atoms with Crippen molar-refractivity contribution < 1.29 is 4.39 Å². The fraction of sp³-hybridized carbons (Fsp3) is 0.500. The number of nitrogens with two attached hydrogens (primary N) is 1. The van der Waals surface area contributed by atoms with Gasteiger partial charge in [-0.1, -0.05) is 28.1 Å². The zero-order chi connectivity index (χ0) is 13.2. The zero-order valence-electron chi connectivity index (χ0n) is 10.1. The normalized spacial score (nSPS) is 27.8. The quantitative estimate of drug-likeness (QED) is 0.851. The zero-order valence-corrected chi connectivity index (χ0v) is 11.7. The van der Waals surface area contributed by atoms with Gasteiger partial charge >= 0.3 is 0 Å². The number of nitrogens with zero attached hydrogens (tertiary/aromatic N) is 1. The van der Waals surface area contributed by atoms with Crippen LogP contribution in [0.2, 0.25) is 0 Å². The highest BCUT2D eigenvalue weighted by atomic mass is 79.9. The van der Waals surface area contributed by atoms with Crippen molar-refractivity contribution in [2.45, 2.75) is 42.5 Å². The molecule has 4 heteroatoms. The maximum absolute atomic E-state index is 13.8. The van der Waals surface area contributed by atoms with Crippen molar-refractivity contribution in [1.82, 2.24) is 0 Å². The molecule has 0 aliphatic heterocycles. The van der Waals surface area contributed by atoms with E-state index in [2.05, 4.69) is 22.0 Å². The predicted molar refractivity (Wildman–Crippen MR) is 72.8 cm³/mol. The van der Waals surface area contributed by atoms with E-state index in [0.29, 0.717) is 10.9 Å². The number of hydrogen-bond acceptors (Lipinski definition) is 2. The molecule has 0 radical (unpaired) electrons. The molecule has 1 aliphatic rings. The predicted octanol–water partition coefficient (Wildman–Crippen LogP) is 3.38. The Labute approximate surface area is 115 Å². The van der Waals surface area contributed by atoms with Crippen LogP contribution in [0.1, 0.15) is 36.8 Å². The van der Waals surface area contributed by atoms with Gasteiger partial charge in [0.05, 0.1) is 11.5 Å². The van der Waals surface area contributed by atoms with Crippen molar-refractivity contribution in [3.05, 3.63) is 35.1 Å². The second kappa shape index (κ2) is 5.38. The molecule has 2 nitrogen and oxygen atoms in total. The van der Waals surface area contributed by atoms with E-state index in [1.807, 2.05) is 6.07 Å². The van der Waals surface area contributed by atoms with E-state index in [0.717, 1.165) is 31.2 Å². The van der Waals surface area contributed by atoms with E-state index in [4.69, 9.17) is 5.73 Å². The fourth-order valence-corrected chi connectivity index (χ4v) is 3.01. The molecule has 0 unspecified atom stereocenters. The third-order valence-corrected chi connectivity index (χ3v) is 4.45. The van der Waals surface area contributed by atoms with Gasteiger partial charge < -0.3 is 5.73 Å². The maximum atomic E-state index is 13.8. The van der Waals surface area contributed by atoms with Gasteiger partial charge in [-0.25, -0.2) is 4.39 Å². The molecule has 0 amide bonds. The third-order valence-electron chi connectivity index (χ3n) is 3.85. The summed E-state index contributed by atoms with van der Waals surface area (Å²) in [5, 5.41) is 9.97. The van der Waals surface area contributed by atoms with Crippen molar-refractivity contribution in [1.29, 1.82) is 5.26 Å². The molecule has 0 bridgehead atoms. The number of alkyl halides is 1. The summed E-state index contributed by atoms with van der Waals surface area (Å²) in [6, 6.07) is 7.71. The molecule has 2 N–H and O–H groups in total. The van der Waals surface area contributed by atoms with Crippen molar-refractivity contribution in [2.75, 3.05) is 0 Å². The van der Waals surface area contributed by atoms with Gasteiger partial charge in [-0.05, 0) is 42.9 Å². The molecule has 2 rings (SSSR count). The molecule has 18 heavy (non-hydrogen) atoms. The molecule has 0 spiro atoms. The first-order valence-corrected chi connectivity index (χ1v) is 7.25. The minimum absolute atomic E-state index is 0.179. The van der Waals surface area contributed by atoms with Crippen molar-refractivity contribution >= 4 is 15.9 Å². The van der Waals surface area contributed by atoms with Crippen LogP contribution in [0.4, 0.5) is 4.39 Å². The van der Waals surface area contributed by atoms with E-state index in [-0.39, 0.29) is 11.9 Å². The highest BCUT2D eigenvalue weighted by Gasteiger charge is 2.36. The van der Waals surface area contributed by atoms with Crippen LogP contribution >= 0.6 is 15.9 Å². The Balaban J connectivity index is 2.34. The van der Waals surface area contributed by atoms with Crippen LogP contribution in [0.15, 0.2) is 18.2 Å². The first kappa shape index (κ1) is 13.5. The minimum atomic E-state index is -0.554. The Morgan fingerprint density at radius 3 is 2.61 bits per heavy atom. The van der Waals surface area contributed by atoms with Crippen molar-refractivity contribution in [3.63, 3.8) is 0 Å². The SMILES string of the molecule is N#CC1(c2ccc(CBr)c(F)c2)CCC(N)CC1. The largest absolute Gasteiger partial charge is 0.328 e. The van der Waals surface area contributed by atoms with E-state index in [1.54, 1.807) is 6.07 Å². The van der Waals surface area contributed by atoms with Gasteiger partial charge in [-0.3, -0.25) is 0 Å². The summed E-state index contributed by atoms with van der Waals surface area (Å²) in [5.41, 5.74) is 6.74. The number of benzene rings is 1. The molecular weight excluding hydrogens is 295 g/mol. The smallest absolute Gasteiger partial charge is 0.127 e. The summed E-state index contributed by atoms with van der Waals surface area (Å²) in [7, 11) is 0. The molecule has 1 aliphatic carbocycles. The average molecular weight is 311 g/mol. The summed E-state index contributed by atoms with van der Waals surface area (Å²) < 4.78 is 13.8. The van der Waals surface area contributed by atoms with E-state index >= 15 is 0 Å². The van der Waals surface area contributed by atoms with Crippen LogP contribution in [0.3, 0.4) is 0 Å². The van der Waals surface area contributed by atoms with Crippen LogP contribution in [-0.4, -0.2) is 6.04 Å². The molecule has 1 aromatic carbocycles. The van der Waals surface area contributed by atoms with Gasteiger partial charge in [-0.15, -0.1) is 0 Å². The average Bonchev–Trinajstić information content (AvgIpc) is 2.40. The summed E-state index contributed by atoms with van der Waals surface area (Å²) in [5.74, 6) is -0.242. The lowest BCUT2D eigenvalue weighted by Crippen LogP contribution is -2.36. The Hall–Kier alpha value is -0.920. The van der Waals surface area contributed by atoms with E-state index < -0.39 is 5.41 Å². The number of halogens is 2. The Kier molecular flexibility index (Phi) is 4.04. The van der Waals surface area contributed by atoms with Gasteiger partial charge in [0, 0.05) is 11.4 Å². The summed E-state index contributed by atoms with van der Waals surface area (Å²) in [6.07, 6.45) is 3.10. The van der Waals surface area contributed by atoms with Crippen LogP contribution in [0.25, 0.3) is 0 Å². The van der Waals surface area contributed by atoms with Gasteiger partial charge in [-0.2, -0.15) is 5.26 Å². The first-order chi connectivity index (χ1) is 8.61. The highest BCUT2D eigenvalue weighted by Crippen LogP contribution is 2.39. The Bertz CT molecular complexity index is 473. The van der Waals surface area contributed by atoms with Gasteiger partial charge in [0.25, 0.3) is 0 Å². The van der Waals surface area contributed by atoms with Crippen LogP contribution in [0, 0.1) is 17.1 Å². The molecule has 0 atom stereocenters. The highest BCUT2D eigenvalue weighted by molar-refractivity contribution is 9.08. The Morgan fingerprint density at radius 2 is 2.11 bits per heavy atom. The lowest BCUT2D eigenvalue weighted by atomic mass is 9.69. The lowest BCUT2D eigenvalue weighted by Gasteiger charge is -2.34. The topological polar surface area (TPSA) is 49.8 Å². The number of rotatable bonds is 2. The maximum Gasteiger partial charge on any atom is 0.127 e. The van der Waals surface area contributed by atoms with Gasteiger partial charge in [0.1, 0.15) is 5.82 Å². The van der Waals surface area contributed by atoms with Crippen molar-refractivity contribution in [3.8, 4) is 6.07 Å². The molecule has 0 aromatic heterocycles. The number of nitriles is 1. The van der Waals surface area contributed by atoms with E-state index in [1.165, 1.54) is 6.07 Å². The monoisotopic (exact) mass is 310 g/mol. The number of hydrogen-bond donors (Lipinski definition) is 1. The van der Waals surface area contributed by atoms with Crippen LogP contribution in [-0.2, 0) is 10.7 Å². The molecule has 0 saturated heterocycles. The molecule has 1 saturated carbocycles. The third kappa shape index (κ3) is 2.43. The molecular formula is C14H16BrFN2. The fourth-order valence-electron chi connectivity index (χ4n) is 2.55. The van der Waals surface area contributed by atoms with Gasteiger partial charge in [0.15, 0.2) is 0 Å². The first-order valence-electron chi connectivity index (χ1n) is 6.13. The van der Waals surface area contributed by atoms with Crippen LogP contribution < -0.4 is 5.73 Å². The summed E-state index contributed by atoms with van der Waals surface area (Å²) in [4.78, 5) is 0. The van der Waals surface area contributed by atoms with Crippen LogP contribution in [0.5, 0.6) is 0 Å². The molecule has 0 heterocycles. The van der Waals surface area contributed by atoms with Gasteiger partial charge in [0.2, 0.25) is 0 Å². The molecule has 96 valence electrons. The lowest BCUT2D eigenvalue weighted by molar-refractivity contribution is 0.331. The minimum Gasteiger partial charge on any atom is -0.328 e. The summed E-state index contributed by atoms with van der Waals surface area (Å²) in [6.45, 7) is 0. The molecule has 1 fully saturated rings. The van der Waals surface area contributed by atoms with Crippen molar-refractivity contribution in [2.24, 2.45) is 5.73 Å². The molecule has 1 aromatic rings.